The molecule has 0 saturated carbocycles. The third-order valence-electron chi connectivity index (χ3n) is 4.80. The molecular weight excluding hydrogens is 388 g/mol. The number of carbonyl (C=O) groups is 1. The van der Waals surface area contributed by atoms with Gasteiger partial charge in [-0.25, -0.2) is 0 Å². The minimum atomic E-state index is -0.218. The molecule has 0 saturated heterocycles. The Morgan fingerprint density at radius 1 is 1.33 bits per heavy atom. The number of hydrogen-bond acceptors (Lipinski definition) is 4. The topological polar surface area (TPSA) is 50.4 Å². The fourth-order valence-corrected chi connectivity index (χ4v) is 5.49. The quantitative estimate of drug-likeness (QED) is 0.771. The summed E-state index contributed by atoms with van der Waals surface area (Å²) in [6.45, 7) is 2.28. The van der Waals surface area contributed by atoms with Gasteiger partial charge in [-0.2, -0.15) is 0 Å². The average Bonchev–Trinajstić information content (AvgIpc) is 2.92. The first kappa shape index (κ1) is 16.0. The molecule has 2 aromatic rings. The highest BCUT2D eigenvalue weighted by molar-refractivity contribution is 9.10. The average molecular weight is 407 g/mol. The molecule has 4 nitrogen and oxygen atoms in total. The van der Waals surface area contributed by atoms with Gasteiger partial charge in [-0.05, 0) is 64.4 Å². The number of anilines is 1. The van der Waals surface area contributed by atoms with Crippen LogP contribution in [0.25, 0.3) is 0 Å². The van der Waals surface area contributed by atoms with Crippen LogP contribution in [-0.4, -0.2) is 13.0 Å². The van der Waals surface area contributed by atoms with Crippen molar-refractivity contribution in [3.05, 3.63) is 44.2 Å². The van der Waals surface area contributed by atoms with Gasteiger partial charge in [0.1, 0.15) is 16.9 Å². The Morgan fingerprint density at radius 2 is 2.17 bits per heavy atom. The molecule has 0 spiro atoms. The minimum Gasteiger partial charge on any atom is -0.496 e. The van der Waals surface area contributed by atoms with Crippen molar-refractivity contribution in [2.24, 2.45) is 5.92 Å². The van der Waals surface area contributed by atoms with Crippen molar-refractivity contribution in [2.75, 3.05) is 12.4 Å². The van der Waals surface area contributed by atoms with Crippen LogP contribution >= 0.6 is 27.3 Å². The van der Waals surface area contributed by atoms with E-state index in [-0.39, 0.29) is 12.1 Å². The van der Waals surface area contributed by atoms with E-state index in [4.69, 9.17) is 4.74 Å². The van der Waals surface area contributed by atoms with Gasteiger partial charge >= 0.3 is 0 Å². The summed E-state index contributed by atoms with van der Waals surface area (Å²) in [7, 11) is 1.64. The zero-order valence-corrected chi connectivity index (χ0v) is 16.0. The number of amides is 1. The monoisotopic (exact) mass is 406 g/mol. The molecule has 0 fully saturated rings. The van der Waals surface area contributed by atoms with Gasteiger partial charge in [0.05, 0.1) is 17.1 Å². The highest BCUT2D eigenvalue weighted by Crippen LogP contribution is 2.42. The summed E-state index contributed by atoms with van der Waals surface area (Å²) in [5.41, 5.74) is 3.12. The highest BCUT2D eigenvalue weighted by atomic mass is 79.9. The summed E-state index contributed by atoms with van der Waals surface area (Å²) in [5.74, 6) is 1.52. The van der Waals surface area contributed by atoms with Crippen molar-refractivity contribution in [1.29, 1.82) is 0 Å². The molecular formula is C18H19BrN2O2S. The van der Waals surface area contributed by atoms with Gasteiger partial charge in [-0.15, -0.1) is 11.3 Å². The van der Waals surface area contributed by atoms with Gasteiger partial charge in [0.25, 0.3) is 5.91 Å². The molecule has 1 amide bonds. The predicted octanol–water partition coefficient (Wildman–Crippen LogP) is 4.50. The van der Waals surface area contributed by atoms with Crippen molar-refractivity contribution in [1.82, 2.24) is 5.32 Å². The van der Waals surface area contributed by atoms with Gasteiger partial charge in [0, 0.05) is 4.88 Å². The second-order valence-electron chi connectivity index (χ2n) is 6.50. The largest absolute Gasteiger partial charge is 0.496 e. The fourth-order valence-electron chi connectivity index (χ4n) is 3.49. The smallest absolute Gasteiger partial charge is 0.256 e. The lowest BCUT2D eigenvalue weighted by Gasteiger charge is -2.27. The normalized spacial score (nSPS) is 22.2. The minimum absolute atomic E-state index is 0.0349. The molecule has 4 rings (SSSR count). The third kappa shape index (κ3) is 2.62. The van der Waals surface area contributed by atoms with Crippen molar-refractivity contribution >= 4 is 38.2 Å². The van der Waals surface area contributed by atoms with E-state index in [1.165, 1.54) is 10.4 Å². The van der Waals surface area contributed by atoms with Crippen LogP contribution in [0.3, 0.4) is 0 Å². The Hall–Kier alpha value is -1.53. The maximum Gasteiger partial charge on any atom is 0.256 e. The molecule has 24 heavy (non-hydrogen) atoms. The Labute approximate surface area is 153 Å². The molecule has 2 N–H and O–H groups in total. The van der Waals surface area contributed by atoms with E-state index in [0.29, 0.717) is 5.92 Å². The second kappa shape index (κ2) is 6.08. The summed E-state index contributed by atoms with van der Waals surface area (Å²) in [5, 5.41) is 7.61. The second-order valence-corrected chi connectivity index (χ2v) is 8.46. The summed E-state index contributed by atoms with van der Waals surface area (Å²) in [6, 6.07) is 5.86. The number of fused-ring (bicyclic) bond motifs is 3. The molecule has 1 aliphatic carbocycles. The number of nitrogens with one attached hydrogen (secondary N) is 2. The number of halogens is 1. The molecule has 1 aliphatic heterocycles. The van der Waals surface area contributed by atoms with E-state index in [1.807, 2.05) is 18.2 Å². The lowest BCUT2D eigenvalue weighted by molar-refractivity contribution is 0.0935. The number of ether oxygens (including phenoxy) is 1. The maximum atomic E-state index is 12.7. The number of methoxy groups -OCH3 is 1. The van der Waals surface area contributed by atoms with E-state index >= 15 is 0 Å². The number of benzene rings is 1. The van der Waals surface area contributed by atoms with Crippen LogP contribution in [-0.2, 0) is 12.8 Å². The summed E-state index contributed by atoms with van der Waals surface area (Å²) in [6.07, 6.45) is 3.04. The van der Waals surface area contributed by atoms with E-state index < -0.39 is 0 Å². The standard InChI is InChI=1S/C18H19BrN2O2S/c1-9-3-5-11-14(7-9)24-18-15(11)17(22)20-16(21-18)10-4-6-13(23-2)12(19)8-10/h4,6,8-9,16,21H,3,5,7H2,1-2H3,(H,20,22)/t9-,16+/m1/s1. The Kier molecular flexibility index (Phi) is 4.04. The van der Waals surface area contributed by atoms with Gasteiger partial charge < -0.3 is 15.4 Å². The van der Waals surface area contributed by atoms with Crippen molar-refractivity contribution < 1.29 is 9.53 Å². The molecule has 1 aromatic heterocycles. The van der Waals surface area contributed by atoms with Crippen molar-refractivity contribution in [2.45, 2.75) is 32.4 Å². The molecule has 1 aromatic carbocycles. The van der Waals surface area contributed by atoms with E-state index in [1.54, 1.807) is 18.4 Å². The van der Waals surface area contributed by atoms with Crippen LogP contribution < -0.4 is 15.4 Å². The zero-order chi connectivity index (χ0) is 16.8. The van der Waals surface area contributed by atoms with E-state index in [9.17, 15) is 4.79 Å². The van der Waals surface area contributed by atoms with Crippen molar-refractivity contribution in [3.8, 4) is 5.75 Å². The number of rotatable bonds is 2. The molecule has 0 radical (unpaired) electrons. The summed E-state index contributed by atoms with van der Waals surface area (Å²) in [4.78, 5) is 14.1. The van der Waals surface area contributed by atoms with E-state index in [0.717, 1.165) is 45.6 Å². The Bertz CT molecular complexity index is 818. The molecule has 2 atom stereocenters. The van der Waals surface area contributed by atoms with Gasteiger partial charge in [0.2, 0.25) is 0 Å². The lowest BCUT2D eigenvalue weighted by atomic mass is 9.88. The van der Waals surface area contributed by atoms with Gasteiger partial charge in [0.15, 0.2) is 0 Å². The zero-order valence-electron chi connectivity index (χ0n) is 13.6. The highest BCUT2D eigenvalue weighted by Gasteiger charge is 2.33. The van der Waals surface area contributed by atoms with Crippen LogP contribution in [0.15, 0.2) is 22.7 Å². The molecule has 0 bridgehead atoms. The first-order valence-corrected chi connectivity index (χ1v) is 9.73. The molecule has 0 unspecified atom stereocenters. The van der Waals surface area contributed by atoms with Crippen LogP contribution in [0.2, 0.25) is 0 Å². The Balaban J connectivity index is 1.67. The summed E-state index contributed by atoms with van der Waals surface area (Å²) < 4.78 is 6.16. The molecule has 2 aliphatic rings. The van der Waals surface area contributed by atoms with Gasteiger partial charge in [-0.1, -0.05) is 13.0 Å². The van der Waals surface area contributed by atoms with Crippen molar-refractivity contribution in [3.63, 3.8) is 0 Å². The first-order valence-electron chi connectivity index (χ1n) is 8.12. The SMILES string of the molecule is COc1ccc([C@H]2NC(=O)c3c(sc4c3CC[C@@H](C)C4)N2)cc1Br. The number of carbonyl (C=O) groups excluding carboxylic acids is 1. The summed E-state index contributed by atoms with van der Waals surface area (Å²) >= 11 is 5.26. The molecule has 6 heteroatoms. The molecule has 126 valence electrons. The first-order chi connectivity index (χ1) is 11.6. The predicted molar refractivity (Wildman–Crippen MR) is 100 cm³/mol. The van der Waals surface area contributed by atoms with Crippen LogP contribution in [0.4, 0.5) is 5.00 Å². The van der Waals surface area contributed by atoms with Crippen LogP contribution in [0, 0.1) is 5.92 Å². The number of hydrogen-bond donors (Lipinski definition) is 2. The number of thiophene rings is 1. The maximum absolute atomic E-state index is 12.7. The van der Waals surface area contributed by atoms with Crippen LogP contribution in [0.1, 0.15) is 45.9 Å². The lowest BCUT2D eigenvalue weighted by Crippen LogP contribution is -2.38. The Morgan fingerprint density at radius 3 is 2.92 bits per heavy atom. The van der Waals surface area contributed by atoms with Gasteiger partial charge in [-0.3, -0.25) is 4.79 Å². The third-order valence-corrected chi connectivity index (χ3v) is 6.60. The molecule has 2 heterocycles. The fraction of sp³-hybridized carbons (Fsp3) is 0.389. The van der Waals surface area contributed by atoms with E-state index in [2.05, 4.69) is 33.5 Å². The van der Waals surface area contributed by atoms with Crippen LogP contribution in [0.5, 0.6) is 5.75 Å².